The molecule has 1 fully saturated rings. The number of nitrogens with zero attached hydrogens (tertiary/aromatic N) is 11. The number of carbonyl (C=O) groups is 3. The van der Waals surface area contributed by atoms with E-state index in [1.807, 2.05) is 18.9 Å². The number of hydrogen-bond acceptors (Lipinski definition) is 20. The van der Waals surface area contributed by atoms with Crippen molar-refractivity contribution in [1.29, 1.82) is 0 Å². The number of rotatable bonds is 30. The average Bonchev–Trinajstić information content (AvgIpc) is 3.81. The summed E-state index contributed by atoms with van der Waals surface area (Å²) in [5, 5.41) is 20.6. The van der Waals surface area contributed by atoms with Crippen LogP contribution in [-0.2, 0) is 57.5 Å². The van der Waals surface area contributed by atoms with E-state index >= 15 is 0 Å². The lowest BCUT2D eigenvalue weighted by molar-refractivity contribution is -0.139. The molecule has 1 atom stereocenters. The minimum Gasteiger partial charge on any atom is -0.480 e. The number of nitrogen functional groups attached to an aromatic ring is 1. The molecule has 69 heavy (non-hydrogen) atoms. The minimum absolute atomic E-state index is 0.0187. The Labute approximate surface area is 397 Å². The predicted molar refractivity (Wildman–Crippen MR) is 249 cm³/mol. The van der Waals surface area contributed by atoms with Crippen LogP contribution in [0.2, 0.25) is 0 Å². The van der Waals surface area contributed by atoms with E-state index in [2.05, 4.69) is 50.4 Å². The van der Waals surface area contributed by atoms with E-state index in [0.717, 1.165) is 11.3 Å². The van der Waals surface area contributed by atoms with Crippen molar-refractivity contribution < 1.29 is 47.9 Å². The van der Waals surface area contributed by atoms with Gasteiger partial charge in [-0.3, -0.25) is 19.4 Å². The number of aryl methyl sites for hydroxylation is 2. The molecule has 4 aromatic heterocycles. The molecule has 0 aliphatic carbocycles. The van der Waals surface area contributed by atoms with Gasteiger partial charge >= 0.3 is 5.97 Å². The van der Waals surface area contributed by atoms with Crippen LogP contribution in [0, 0.1) is 6.92 Å². The number of fused-ring (bicyclic) bond motifs is 1. The van der Waals surface area contributed by atoms with Gasteiger partial charge < -0.3 is 59.3 Å². The second-order valence-corrected chi connectivity index (χ2v) is 15.8. The van der Waals surface area contributed by atoms with Gasteiger partial charge in [0.2, 0.25) is 17.8 Å². The molecule has 1 aliphatic heterocycles. The fourth-order valence-corrected chi connectivity index (χ4v) is 6.82. The third-order valence-electron chi connectivity index (χ3n) is 10.6. The maximum Gasteiger partial charge on any atom is 0.326 e. The van der Waals surface area contributed by atoms with Gasteiger partial charge in [0.15, 0.2) is 11.2 Å². The van der Waals surface area contributed by atoms with Crippen molar-refractivity contribution in [2.24, 2.45) is 0 Å². The lowest BCUT2D eigenvalue weighted by Crippen LogP contribution is -2.50. The van der Waals surface area contributed by atoms with E-state index in [1.54, 1.807) is 52.4 Å². The number of carboxylic acids is 1. The Morgan fingerprint density at radius 3 is 2.04 bits per heavy atom. The zero-order chi connectivity index (χ0) is 48.8. The molecule has 25 heteroatoms. The molecule has 0 unspecified atom stereocenters. The van der Waals surface area contributed by atoms with Gasteiger partial charge in [0, 0.05) is 63.1 Å². The number of nitrogens with two attached hydrogens (primary N) is 1. The molecule has 0 bridgehead atoms. The SMILES string of the molecule is Cc1cnc(N2CCN(C(=O)COCCOCCOCCOCCOCCOCCn3cc(CC[C@H](NC(=O)c4ccc(N(C)Cc5cnc6nc(N)[nH]c(=O)c6n5)cc4)C(=O)O)nn3)CC2)nc1. The number of benzene rings is 1. The van der Waals surface area contributed by atoms with Gasteiger partial charge in [0.05, 0.1) is 103 Å². The van der Waals surface area contributed by atoms with Crippen molar-refractivity contribution in [2.45, 2.75) is 38.9 Å². The average molecular weight is 961 g/mol. The number of carboxylic acid groups (broad SMARTS) is 1. The fourth-order valence-electron chi connectivity index (χ4n) is 6.82. The Kier molecular flexibility index (Phi) is 20.4. The van der Waals surface area contributed by atoms with Gasteiger partial charge in [-0.15, -0.1) is 5.10 Å². The summed E-state index contributed by atoms with van der Waals surface area (Å²) in [5.74, 6) is -1.11. The molecule has 0 radical (unpaired) electrons. The second-order valence-electron chi connectivity index (χ2n) is 15.8. The summed E-state index contributed by atoms with van der Waals surface area (Å²) in [4.78, 5) is 79.1. The van der Waals surface area contributed by atoms with Crippen LogP contribution >= 0.6 is 0 Å². The lowest BCUT2D eigenvalue weighted by Gasteiger charge is -2.34. The summed E-state index contributed by atoms with van der Waals surface area (Å²) in [6.45, 7) is 9.59. The van der Waals surface area contributed by atoms with Crippen molar-refractivity contribution in [2.75, 3.05) is 128 Å². The first-order chi connectivity index (χ1) is 33.5. The molecular weight excluding hydrogens is 901 g/mol. The first-order valence-corrected chi connectivity index (χ1v) is 22.6. The van der Waals surface area contributed by atoms with Crippen molar-refractivity contribution in [1.82, 2.24) is 55.1 Å². The zero-order valence-electron chi connectivity index (χ0n) is 38.9. The Bertz CT molecular complexity index is 2430. The highest BCUT2D eigenvalue weighted by atomic mass is 16.6. The predicted octanol–water partition coefficient (Wildman–Crippen LogP) is -0.114. The molecule has 2 amide bonds. The topological polar surface area (TPSA) is 303 Å². The van der Waals surface area contributed by atoms with Crippen LogP contribution in [-0.4, -0.2) is 191 Å². The highest BCUT2D eigenvalue weighted by Crippen LogP contribution is 2.17. The first-order valence-electron chi connectivity index (χ1n) is 22.6. The van der Waals surface area contributed by atoms with Crippen LogP contribution in [0.25, 0.3) is 11.2 Å². The second kappa shape index (κ2) is 27.3. The normalized spacial score (nSPS) is 13.2. The molecule has 1 saturated heterocycles. The van der Waals surface area contributed by atoms with E-state index < -0.39 is 23.5 Å². The molecule has 0 spiro atoms. The number of ether oxygens (including phenoxy) is 6. The molecule has 372 valence electrons. The lowest BCUT2D eigenvalue weighted by atomic mass is 10.1. The number of piperazine rings is 1. The minimum atomic E-state index is -1.17. The molecular formula is C44H60N14O11. The number of H-pyrrole nitrogens is 1. The maximum atomic E-state index is 13.0. The van der Waals surface area contributed by atoms with Crippen LogP contribution < -0.4 is 26.4 Å². The number of carbonyl (C=O) groups excluding carboxylic acids is 2. The van der Waals surface area contributed by atoms with Gasteiger partial charge in [-0.1, -0.05) is 5.21 Å². The number of aromatic nitrogens is 9. The third kappa shape index (κ3) is 17.1. The van der Waals surface area contributed by atoms with Crippen molar-refractivity contribution in [3.63, 3.8) is 0 Å². The molecule has 25 nitrogen and oxygen atoms in total. The Hall–Kier alpha value is -6.77. The van der Waals surface area contributed by atoms with Gasteiger partial charge in [-0.2, -0.15) is 4.98 Å². The highest BCUT2D eigenvalue weighted by Gasteiger charge is 2.23. The van der Waals surface area contributed by atoms with Crippen LogP contribution in [0.15, 0.2) is 53.8 Å². The van der Waals surface area contributed by atoms with Crippen LogP contribution in [0.1, 0.15) is 33.7 Å². The highest BCUT2D eigenvalue weighted by molar-refractivity contribution is 5.96. The summed E-state index contributed by atoms with van der Waals surface area (Å²) in [6, 6.07) is 5.48. The zero-order valence-corrected chi connectivity index (χ0v) is 38.9. The third-order valence-corrected chi connectivity index (χ3v) is 10.6. The molecule has 1 aliphatic rings. The molecule has 5 N–H and O–H groups in total. The standard InChI is InChI=1S/C44H60N14O11/c1-31-25-47-44(48-26-31)57-11-9-56(10-12-57)37(59)30-69-24-23-68-22-21-67-20-19-66-18-17-65-16-15-64-14-13-58-29-33(53-54-58)5-8-36(42(62)63)50-40(60)32-3-6-35(7-4-32)55(2)28-34-27-46-39-38(49-34)41(61)52-43(45)51-39/h3-4,6-7,25-27,29,36H,5,8-24,28,30H2,1-2H3,(H,50,60)(H,62,63)(H3,45,46,51,52,61)/t36-/m0/s1. The molecule has 0 saturated carbocycles. The quantitative estimate of drug-likeness (QED) is 0.0436. The summed E-state index contributed by atoms with van der Waals surface area (Å²) in [5.41, 5.74) is 8.45. The summed E-state index contributed by atoms with van der Waals surface area (Å²) >= 11 is 0. The van der Waals surface area contributed by atoms with Crippen molar-refractivity contribution in [3.8, 4) is 0 Å². The molecule has 6 rings (SSSR count). The summed E-state index contributed by atoms with van der Waals surface area (Å²) in [7, 11) is 1.81. The Morgan fingerprint density at radius 1 is 0.812 bits per heavy atom. The number of aromatic amines is 1. The van der Waals surface area contributed by atoms with Crippen molar-refractivity contribution in [3.05, 3.63) is 81.9 Å². The monoisotopic (exact) mass is 960 g/mol. The summed E-state index contributed by atoms with van der Waals surface area (Å²) < 4.78 is 34.9. The molecule has 5 aromatic rings. The van der Waals surface area contributed by atoms with Gasteiger partial charge in [0.25, 0.3) is 11.5 Å². The molecule has 1 aromatic carbocycles. The van der Waals surface area contributed by atoms with Crippen LogP contribution in [0.3, 0.4) is 0 Å². The van der Waals surface area contributed by atoms with Crippen molar-refractivity contribution >= 4 is 46.5 Å². The number of amides is 2. The Morgan fingerprint density at radius 2 is 1.42 bits per heavy atom. The maximum absolute atomic E-state index is 13.0. The van der Waals surface area contributed by atoms with E-state index in [1.165, 1.54) is 6.20 Å². The van der Waals surface area contributed by atoms with Gasteiger partial charge in [-0.25, -0.2) is 29.4 Å². The Balaban J connectivity index is 0.722. The number of aliphatic carboxylic acids is 1. The van der Waals surface area contributed by atoms with Gasteiger partial charge in [-0.05, 0) is 49.6 Å². The summed E-state index contributed by atoms with van der Waals surface area (Å²) in [6.07, 6.45) is 7.19. The van der Waals surface area contributed by atoms with E-state index in [0.29, 0.717) is 129 Å². The first kappa shape index (κ1) is 51.6. The number of anilines is 3. The number of hydrogen-bond donors (Lipinski definition) is 4. The van der Waals surface area contributed by atoms with Gasteiger partial charge in [0.1, 0.15) is 12.6 Å². The van der Waals surface area contributed by atoms with Crippen LogP contribution in [0.4, 0.5) is 17.6 Å². The van der Waals surface area contributed by atoms with Crippen LogP contribution in [0.5, 0.6) is 0 Å². The molecule has 5 heterocycles. The smallest absolute Gasteiger partial charge is 0.326 e. The van der Waals surface area contributed by atoms with E-state index in [-0.39, 0.29) is 48.0 Å². The van der Waals surface area contributed by atoms with E-state index in [9.17, 15) is 24.3 Å². The number of nitrogens with one attached hydrogen (secondary N) is 2. The largest absolute Gasteiger partial charge is 0.480 e. The fraction of sp³-hybridized carbons (Fsp3) is 0.523. The van der Waals surface area contributed by atoms with E-state index in [4.69, 9.17) is 34.2 Å².